The van der Waals surface area contributed by atoms with E-state index in [0.29, 0.717) is 12.1 Å². The first-order valence-electron chi connectivity index (χ1n) is 6.70. The van der Waals surface area contributed by atoms with Crippen molar-refractivity contribution in [3.8, 4) is 0 Å². The van der Waals surface area contributed by atoms with Crippen molar-refractivity contribution < 1.29 is 4.74 Å². The molecule has 0 aliphatic carbocycles. The van der Waals surface area contributed by atoms with Crippen LogP contribution in [0.5, 0.6) is 0 Å². The Bertz CT molecular complexity index is 291. The number of nitrogens with zero attached hydrogens (tertiary/aromatic N) is 1. The van der Waals surface area contributed by atoms with Crippen molar-refractivity contribution in [1.82, 2.24) is 5.32 Å². The van der Waals surface area contributed by atoms with Crippen LogP contribution in [0, 0.1) is 0 Å². The molecule has 1 saturated heterocycles. The number of aliphatic imine (C=N–C) groups is 1. The van der Waals surface area contributed by atoms with E-state index >= 15 is 0 Å². The number of hydrogen-bond acceptors (Lipinski definition) is 4. The normalized spacial score (nSPS) is 33.0. The van der Waals surface area contributed by atoms with E-state index in [0.717, 1.165) is 31.0 Å². The summed E-state index contributed by atoms with van der Waals surface area (Å²) in [5.41, 5.74) is 0.0139. The number of ether oxygens (including phenoxy) is 1. The summed E-state index contributed by atoms with van der Waals surface area (Å²) in [6.45, 7) is 7.43. The van der Waals surface area contributed by atoms with Gasteiger partial charge in [0.15, 0.2) is 5.17 Å². The largest absolute Gasteiger partial charge is 0.375 e. The molecule has 0 aromatic heterocycles. The van der Waals surface area contributed by atoms with Crippen molar-refractivity contribution in [3.05, 3.63) is 0 Å². The molecular formula is C13H24N2OS. The van der Waals surface area contributed by atoms with Gasteiger partial charge in [0.05, 0.1) is 11.6 Å². The number of rotatable bonds is 2. The fraction of sp³-hybridized carbons (Fsp3) is 0.923. The van der Waals surface area contributed by atoms with Gasteiger partial charge in [0, 0.05) is 18.4 Å². The molecule has 0 amide bonds. The van der Waals surface area contributed by atoms with Crippen LogP contribution in [0.15, 0.2) is 4.99 Å². The van der Waals surface area contributed by atoms with Gasteiger partial charge in [0.2, 0.25) is 0 Å². The third kappa shape index (κ3) is 3.88. The van der Waals surface area contributed by atoms with Gasteiger partial charge in [-0.1, -0.05) is 18.7 Å². The molecule has 0 bridgehead atoms. The van der Waals surface area contributed by atoms with E-state index in [4.69, 9.17) is 9.73 Å². The van der Waals surface area contributed by atoms with Gasteiger partial charge >= 0.3 is 0 Å². The summed E-state index contributed by atoms with van der Waals surface area (Å²) < 4.78 is 5.74. The maximum absolute atomic E-state index is 5.74. The van der Waals surface area contributed by atoms with E-state index in [1.807, 2.05) is 11.8 Å². The Hall–Kier alpha value is -0.220. The number of hydrogen-bond donors (Lipinski definition) is 1. The predicted molar refractivity (Wildman–Crippen MR) is 74.8 cm³/mol. The van der Waals surface area contributed by atoms with Crippen molar-refractivity contribution >= 4 is 16.9 Å². The zero-order valence-corrected chi connectivity index (χ0v) is 12.0. The van der Waals surface area contributed by atoms with Crippen LogP contribution < -0.4 is 5.32 Å². The van der Waals surface area contributed by atoms with Crippen LogP contribution in [-0.2, 0) is 4.74 Å². The topological polar surface area (TPSA) is 33.6 Å². The van der Waals surface area contributed by atoms with Crippen molar-refractivity contribution in [3.63, 3.8) is 0 Å². The highest BCUT2D eigenvalue weighted by Crippen LogP contribution is 2.25. The Morgan fingerprint density at radius 3 is 3.00 bits per heavy atom. The molecule has 1 fully saturated rings. The third-order valence-corrected chi connectivity index (χ3v) is 4.42. The SMILES string of the molecule is CCC1CCSC(NC2CCOC(C)(C)C2)=N1. The molecular weight excluding hydrogens is 232 g/mol. The Morgan fingerprint density at radius 1 is 1.47 bits per heavy atom. The zero-order valence-electron chi connectivity index (χ0n) is 11.2. The molecule has 0 saturated carbocycles. The highest BCUT2D eigenvalue weighted by Gasteiger charge is 2.29. The van der Waals surface area contributed by atoms with E-state index < -0.39 is 0 Å². The quantitative estimate of drug-likeness (QED) is 0.825. The molecule has 0 aromatic carbocycles. The molecule has 1 N–H and O–H groups in total. The summed E-state index contributed by atoms with van der Waals surface area (Å²) in [5, 5.41) is 4.77. The standard InChI is InChI=1S/C13H24N2OS/c1-4-10-6-8-17-12(14-10)15-11-5-7-16-13(2,3)9-11/h10-11H,4-9H2,1-3H3,(H,14,15). The second-order valence-electron chi connectivity index (χ2n) is 5.58. The highest BCUT2D eigenvalue weighted by atomic mass is 32.2. The monoisotopic (exact) mass is 256 g/mol. The smallest absolute Gasteiger partial charge is 0.157 e. The molecule has 2 aliphatic heterocycles. The summed E-state index contributed by atoms with van der Waals surface area (Å²) in [6, 6.07) is 1.06. The average molecular weight is 256 g/mol. The molecule has 2 heterocycles. The molecule has 2 unspecified atom stereocenters. The first kappa shape index (κ1) is 13.2. The number of amidine groups is 1. The molecule has 0 radical (unpaired) electrons. The summed E-state index contributed by atoms with van der Waals surface area (Å²) in [5.74, 6) is 1.21. The Kier molecular flexibility index (Phi) is 4.36. The minimum atomic E-state index is 0.0139. The Labute approximate surface area is 109 Å². The van der Waals surface area contributed by atoms with Crippen molar-refractivity contribution in [2.45, 2.75) is 64.1 Å². The van der Waals surface area contributed by atoms with Gasteiger partial charge in [-0.3, -0.25) is 4.99 Å². The third-order valence-electron chi connectivity index (χ3n) is 3.49. The molecule has 98 valence electrons. The van der Waals surface area contributed by atoms with Gasteiger partial charge in [-0.05, 0) is 39.5 Å². The molecule has 17 heavy (non-hydrogen) atoms. The van der Waals surface area contributed by atoms with Gasteiger partial charge in [-0.15, -0.1) is 0 Å². The fourth-order valence-electron chi connectivity index (χ4n) is 2.46. The molecule has 2 aliphatic rings. The molecule has 2 atom stereocenters. The van der Waals surface area contributed by atoms with Crippen LogP contribution in [-0.4, -0.2) is 35.2 Å². The predicted octanol–water partition coefficient (Wildman–Crippen LogP) is 2.81. The fourth-order valence-corrected chi connectivity index (χ4v) is 3.52. The van der Waals surface area contributed by atoms with Crippen molar-refractivity contribution in [2.75, 3.05) is 12.4 Å². The summed E-state index contributed by atoms with van der Waals surface area (Å²) >= 11 is 1.87. The summed E-state index contributed by atoms with van der Waals surface area (Å²) in [6.07, 6.45) is 4.56. The number of nitrogens with one attached hydrogen (secondary N) is 1. The average Bonchev–Trinajstić information content (AvgIpc) is 2.28. The minimum Gasteiger partial charge on any atom is -0.375 e. The first-order valence-corrected chi connectivity index (χ1v) is 7.69. The van der Waals surface area contributed by atoms with Crippen LogP contribution in [0.3, 0.4) is 0 Å². The maximum Gasteiger partial charge on any atom is 0.157 e. The Balaban J connectivity index is 1.90. The lowest BCUT2D eigenvalue weighted by Crippen LogP contribution is -2.45. The van der Waals surface area contributed by atoms with Gasteiger partial charge in [-0.25, -0.2) is 0 Å². The van der Waals surface area contributed by atoms with E-state index in [1.54, 1.807) is 0 Å². The molecule has 0 spiro atoms. The second kappa shape index (κ2) is 5.61. The van der Waals surface area contributed by atoms with E-state index in [1.165, 1.54) is 12.2 Å². The van der Waals surface area contributed by atoms with E-state index in [9.17, 15) is 0 Å². The lowest BCUT2D eigenvalue weighted by atomic mass is 9.94. The maximum atomic E-state index is 5.74. The second-order valence-corrected chi connectivity index (χ2v) is 6.66. The summed E-state index contributed by atoms with van der Waals surface area (Å²) in [7, 11) is 0. The van der Waals surface area contributed by atoms with Gasteiger partial charge in [0.25, 0.3) is 0 Å². The van der Waals surface area contributed by atoms with Crippen molar-refractivity contribution in [1.29, 1.82) is 0 Å². The molecule has 0 aromatic rings. The van der Waals surface area contributed by atoms with Crippen LogP contribution in [0.2, 0.25) is 0 Å². The van der Waals surface area contributed by atoms with Gasteiger partial charge in [0.1, 0.15) is 0 Å². The lowest BCUT2D eigenvalue weighted by Gasteiger charge is -2.36. The van der Waals surface area contributed by atoms with Crippen molar-refractivity contribution in [2.24, 2.45) is 4.99 Å². The van der Waals surface area contributed by atoms with E-state index in [-0.39, 0.29) is 5.60 Å². The van der Waals surface area contributed by atoms with Gasteiger partial charge < -0.3 is 10.1 Å². The minimum absolute atomic E-state index is 0.0139. The van der Waals surface area contributed by atoms with Crippen LogP contribution in [0.4, 0.5) is 0 Å². The Morgan fingerprint density at radius 2 is 2.29 bits per heavy atom. The van der Waals surface area contributed by atoms with Crippen LogP contribution in [0.25, 0.3) is 0 Å². The summed E-state index contributed by atoms with van der Waals surface area (Å²) in [4.78, 5) is 4.77. The lowest BCUT2D eigenvalue weighted by molar-refractivity contribution is -0.0603. The van der Waals surface area contributed by atoms with Crippen LogP contribution >= 0.6 is 11.8 Å². The first-order chi connectivity index (χ1) is 8.09. The molecule has 4 heteroatoms. The van der Waals surface area contributed by atoms with Crippen LogP contribution in [0.1, 0.15) is 46.5 Å². The van der Waals surface area contributed by atoms with Gasteiger partial charge in [-0.2, -0.15) is 0 Å². The van der Waals surface area contributed by atoms with E-state index in [2.05, 4.69) is 26.1 Å². The zero-order chi connectivity index (χ0) is 12.3. The molecule has 3 nitrogen and oxygen atoms in total. The highest BCUT2D eigenvalue weighted by molar-refractivity contribution is 8.13. The molecule has 2 rings (SSSR count). The number of thioether (sulfide) groups is 1.